The van der Waals surface area contributed by atoms with Gasteiger partial charge in [0.15, 0.2) is 0 Å². The fourth-order valence-electron chi connectivity index (χ4n) is 2.99. The van der Waals surface area contributed by atoms with Gasteiger partial charge in [-0.15, -0.1) is 0 Å². The Bertz CT molecular complexity index is 854. The Morgan fingerprint density at radius 2 is 2.08 bits per heavy atom. The lowest BCUT2D eigenvalue weighted by Gasteiger charge is -2.27. The number of benzene rings is 2. The van der Waals surface area contributed by atoms with E-state index in [4.69, 9.17) is 10.5 Å². The summed E-state index contributed by atoms with van der Waals surface area (Å²) in [5.41, 5.74) is 7.92. The topological polar surface area (TPSA) is 93.5 Å². The minimum Gasteiger partial charge on any atom is -0.493 e. The second-order valence-electron chi connectivity index (χ2n) is 6.21. The number of hydrogen-bond acceptors (Lipinski definition) is 3. The van der Waals surface area contributed by atoms with Crippen molar-refractivity contribution < 1.29 is 18.7 Å². The molecule has 2 aromatic rings. The predicted molar refractivity (Wildman–Crippen MR) is 95.2 cm³/mol. The molecular formula is C19H20FN3O3. The molecule has 2 aromatic carbocycles. The minimum absolute atomic E-state index is 0.200. The van der Waals surface area contributed by atoms with Gasteiger partial charge in [-0.05, 0) is 36.8 Å². The standard InChI is InChI=1S/C19H20FN3O3/c1-11-2-4-15(20)13(8-11)12-3-5-17-14(9-12)16(6-7-26-17)23-18(24)10-22-19(21)25/h2-5,8-9,16H,6-7,10H2,1H3,(H,23,24)(H3,21,22,25). The summed E-state index contributed by atoms with van der Waals surface area (Å²) in [6.07, 6.45) is 0.578. The van der Waals surface area contributed by atoms with Crippen molar-refractivity contribution in [3.63, 3.8) is 0 Å². The molecule has 1 atom stereocenters. The average Bonchev–Trinajstić information content (AvgIpc) is 2.62. The first kappa shape index (κ1) is 17.7. The molecule has 0 aliphatic carbocycles. The maximum absolute atomic E-state index is 14.2. The smallest absolute Gasteiger partial charge is 0.312 e. The van der Waals surface area contributed by atoms with Crippen LogP contribution in [-0.4, -0.2) is 25.1 Å². The highest BCUT2D eigenvalue weighted by Gasteiger charge is 2.24. The Morgan fingerprint density at radius 1 is 1.27 bits per heavy atom. The summed E-state index contributed by atoms with van der Waals surface area (Å²) in [5, 5.41) is 5.11. The van der Waals surface area contributed by atoms with Gasteiger partial charge in [-0.25, -0.2) is 9.18 Å². The molecule has 0 saturated heterocycles. The third-order valence-electron chi connectivity index (χ3n) is 4.24. The Hall–Kier alpha value is -3.09. The first-order valence-electron chi connectivity index (χ1n) is 8.30. The lowest BCUT2D eigenvalue weighted by Crippen LogP contribution is -2.41. The number of urea groups is 1. The SMILES string of the molecule is Cc1ccc(F)c(-c2ccc3c(c2)C(NC(=O)CNC(N)=O)CCO3)c1. The predicted octanol–water partition coefficient (Wildman–Crippen LogP) is 2.41. The number of rotatable bonds is 4. The van der Waals surface area contributed by atoms with Crippen molar-refractivity contribution >= 4 is 11.9 Å². The van der Waals surface area contributed by atoms with Crippen LogP contribution in [0.2, 0.25) is 0 Å². The summed E-state index contributed by atoms with van der Waals surface area (Å²) in [5.74, 6) is -0.00599. The molecule has 3 rings (SSSR count). The lowest BCUT2D eigenvalue weighted by atomic mass is 9.94. The van der Waals surface area contributed by atoms with E-state index in [2.05, 4.69) is 10.6 Å². The number of halogens is 1. The second-order valence-corrected chi connectivity index (χ2v) is 6.21. The highest BCUT2D eigenvalue weighted by atomic mass is 19.1. The molecule has 26 heavy (non-hydrogen) atoms. The number of hydrogen-bond donors (Lipinski definition) is 3. The molecule has 3 amide bonds. The van der Waals surface area contributed by atoms with Crippen molar-refractivity contribution in [2.45, 2.75) is 19.4 Å². The summed E-state index contributed by atoms with van der Waals surface area (Å²) in [4.78, 5) is 22.7. The van der Waals surface area contributed by atoms with Gasteiger partial charge in [-0.2, -0.15) is 0 Å². The molecule has 1 unspecified atom stereocenters. The van der Waals surface area contributed by atoms with Crippen LogP contribution in [0.3, 0.4) is 0 Å². The zero-order chi connectivity index (χ0) is 18.7. The van der Waals surface area contributed by atoms with E-state index >= 15 is 0 Å². The molecule has 1 heterocycles. The maximum Gasteiger partial charge on any atom is 0.312 e. The van der Waals surface area contributed by atoms with E-state index in [1.54, 1.807) is 24.3 Å². The van der Waals surface area contributed by atoms with Crippen molar-refractivity contribution in [3.8, 4) is 16.9 Å². The third-order valence-corrected chi connectivity index (χ3v) is 4.24. The van der Waals surface area contributed by atoms with Crippen molar-refractivity contribution in [2.24, 2.45) is 5.73 Å². The van der Waals surface area contributed by atoms with Gasteiger partial charge in [-0.1, -0.05) is 17.7 Å². The van der Waals surface area contributed by atoms with Gasteiger partial charge in [0, 0.05) is 17.5 Å². The van der Waals surface area contributed by atoms with Crippen molar-refractivity contribution in [3.05, 3.63) is 53.3 Å². The average molecular weight is 357 g/mol. The Kier molecular flexibility index (Phi) is 5.06. The zero-order valence-corrected chi connectivity index (χ0v) is 14.3. The monoisotopic (exact) mass is 357 g/mol. The lowest BCUT2D eigenvalue weighted by molar-refractivity contribution is -0.121. The van der Waals surface area contributed by atoms with Crippen molar-refractivity contribution in [1.29, 1.82) is 0 Å². The number of nitrogens with two attached hydrogens (primary N) is 1. The summed E-state index contributed by atoms with van der Waals surface area (Å²) < 4.78 is 19.9. The second kappa shape index (κ2) is 7.43. The third kappa shape index (κ3) is 3.93. The van der Waals surface area contributed by atoms with Gasteiger partial charge in [0.25, 0.3) is 0 Å². The quantitative estimate of drug-likeness (QED) is 0.784. The van der Waals surface area contributed by atoms with Crippen molar-refractivity contribution in [1.82, 2.24) is 10.6 Å². The van der Waals surface area contributed by atoms with Crippen LogP contribution in [0.1, 0.15) is 23.6 Å². The highest BCUT2D eigenvalue weighted by molar-refractivity contribution is 5.83. The number of ether oxygens (including phenoxy) is 1. The van der Waals surface area contributed by atoms with Crippen LogP contribution in [0.4, 0.5) is 9.18 Å². The Balaban J connectivity index is 1.87. The molecule has 0 aromatic heterocycles. The van der Waals surface area contributed by atoms with E-state index in [0.717, 1.165) is 11.1 Å². The molecule has 1 aliphatic rings. The molecule has 136 valence electrons. The van der Waals surface area contributed by atoms with Crippen LogP contribution in [-0.2, 0) is 4.79 Å². The first-order valence-corrected chi connectivity index (χ1v) is 8.30. The minimum atomic E-state index is -0.760. The van der Waals surface area contributed by atoms with Gasteiger partial charge >= 0.3 is 6.03 Å². The van der Waals surface area contributed by atoms with E-state index in [9.17, 15) is 14.0 Å². The van der Waals surface area contributed by atoms with Crippen LogP contribution >= 0.6 is 0 Å². The largest absolute Gasteiger partial charge is 0.493 e. The molecular weight excluding hydrogens is 337 g/mol. The molecule has 6 nitrogen and oxygen atoms in total. The molecule has 1 aliphatic heterocycles. The fourth-order valence-corrected chi connectivity index (χ4v) is 2.99. The van der Waals surface area contributed by atoms with Gasteiger partial charge in [-0.3, -0.25) is 4.79 Å². The highest BCUT2D eigenvalue weighted by Crippen LogP contribution is 2.36. The number of nitrogens with one attached hydrogen (secondary N) is 2. The number of carbonyl (C=O) groups is 2. The molecule has 0 bridgehead atoms. The molecule has 0 spiro atoms. The van der Waals surface area contributed by atoms with E-state index in [1.165, 1.54) is 6.07 Å². The Morgan fingerprint density at radius 3 is 2.85 bits per heavy atom. The summed E-state index contributed by atoms with van der Waals surface area (Å²) in [6.45, 7) is 2.16. The van der Waals surface area contributed by atoms with Crippen LogP contribution in [0, 0.1) is 12.7 Å². The van der Waals surface area contributed by atoms with E-state index < -0.39 is 6.03 Å². The van der Waals surface area contributed by atoms with Crippen molar-refractivity contribution in [2.75, 3.05) is 13.2 Å². The number of amides is 3. The number of aryl methyl sites for hydroxylation is 1. The summed E-state index contributed by atoms with van der Waals surface area (Å²) >= 11 is 0. The van der Waals surface area contributed by atoms with Gasteiger partial charge < -0.3 is 21.1 Å². The Labute approximate surface area is 150 Å². The molecule has 0 saturated carbocycles. The fraction of sp³-hybridized carbons (Fsp3) is 0.263. The van der Waals surface area contributed by atoms with E-state index in [-0.39, 0.29) is 24.3 Å². The van der Waals surface area contributed by atoms with E-state index in [1.807, 2.05) is 13.0 Å². The van der Waals surface area contributed by atoms with Gasteiger partial charge in [0.05, 0.1) is 19.2 Å². The number of fused-ring (bicyclic) bond motifs is 1. The van der Waals surface area contributed by atoms with Crippen LogP contribution in [0.5, 0.6) is 5.75 Å². The normalized spacial score (nSPS) is 15.5. The number of carbonyl (C=O) groups excluding carboxylic acids is 2. The summed E-state index contributed by atoms with van der Waals surface area (Å²) in [6, 6.07) is 9.31. The van der Waals surface area contributed by atoms with Crippen LogP contribution in [0.25, 0.3) is 11.1 Å². The molecule has 7 heteroatoms. The molecule has 0 radical (unpaired) electrons. The zero-order valence-electron chi connectivity index (χ0n) is 14.3. The maximum atomic E-state index is 14.2. The molecule has 0 fully saturated rings. The van der Waals surface area contributed by atoms with Crippen LogP contribution < -0.4 is 21.1 Å². The van der Waals surface area contributed by atoms with E-state index in [0.29, 0.717) is 29.9 Å². The van der Waals surface area contributed by atoms with Gasteiger partial charge in [0.2, 0.25) is 5.91 Å². The first-order chi connectivity index (χ1) is 12.4. The van der Waals surface area contributed by atoms with Crippen LogP contribution in [0.15, 0.2) is 36.4 Å². The summed E-state index contributed by atoms with van der Waals surface area (Å²) in [7, 11) is 0. The van der Waals surface area contributed by atoms with Gasteiger partial charge in [0.1, 0.15) is 11.6 Å². The molecule has 4 N–H and O–H groups in total. The number of primary amides is 1.